The van der Waals surface area contributed by atoms with E-state index in [0.29, 0.717) is 23.2 Å². The molecule has 0 saturated heterocycles. The molecule has 29 heavy (non-hydrogen) atoms. The molecule has 0 bridgehead atoms. The Hall–Kier alpha value is -0.860. The maximum Gasteiger partial charge on any atom is 0.0583 e. The van der Waals surface area contributed by atoms with Gasteiger partial charge < -0.3 is 10.2 Å². The molecule has 0 amide bonds. The third-order valence-electron chi connectivity index (χ3n) is 8.30. The molecule has 164 valence electrons. The zero-order valence-electron chi connectivity index (χ0n) is 19.3. The Labute approximate surface area is 179 Å². The van der Waals surface area contributed by atoms with Crippen LogP contribution in [0.2, 0.25) is 0 Å². The summed E-state index contributed by atoms with van der Waals surface area (Å²) in [5.41, 5.74) is 4.46. The molecular weight excluding hydrogens is 356 g/mol. The minimum atomic E-state index is -0.198. The van der Waals surface area contributed by atoms with E-state index >= 15 is 0 Å². The topological polar surface area (TPSA) is 40.5 Å². The number of aliphatic hydroxyl groups is 2. The SMILES string of the molecule is C=C1CC[C@H](O)C/C1=C/C=C1\CCC[C@]2(C)[C@@H]([C@H](C)CC(O)CC(C)C)CC[C@@H]12. The summed E-state index contributed by atoms with van der Waals surface area (Å²) in [4.78, 5) is 0. The van der Waals surface area contributed by atoms with E-state index in [0.717, 1.165) is 38.0 Å². The molecule has 0 aliphatic heterocycles. The summed E-state index contributed by atoms with van der Waals surface area (Å²) in [6.45, 7) is 13.5. The van der Waals surface area contributed by atoms with Crippen LogP contribution in [0.4, 0.5) is 0 Å². The van der Waals surface area contributed by atoms with Crippen molar-refractivity contribution in [2.75, 3.05) is 0 Å². The lowest BCUT2D eigenvalue weighted by Gasteiger charge is -2.44. The van der Waals surface area contributed by atoms with E-state index in [9.17, 15) is 10.2 Å². The largest absolute Gasteiger partial charge is 0.393 e. The number of aliphatic hydroxyl groups excluding tert-OH is 2. The highest BCUT2D eigenvalue weighted by Gasteiger charge is 2.50. The van der Waals surface area contributed by atoms with Gasteiger partial charge in [-0.3, -0.25) is 0 Å². The fourth-order valence-electron chi connectivity index (χ4n) is 6.84. The quantitative estimate of drug-likeness (QED) is 0.528. The van der Waals surface area contributed by atoms with E-state index in [4.69, 9.17) is 0 Å². The van der Waals surface area contributed by atoms with Gasteiger partial charge in [0.15, 0.2) is 0 Å². The van der Waals surface area contributed by atoms with Crippen LogP contribution in [0.25, 0.3) is 0 Å². The third-order valence-corrected chi connectivity index (χ3v) is 8.30. The molecule has 3 saturated carbocycles. The summed E-state index contributed by atoms with van der Waals surface area (Å²) in [5, 5.41) is 20.5. The molecular formula is C27H44O2. The Bertz CT molecular complexity index is 643. The van der Waals surface area contributed by atoms with Gasteiger partial charge in [-0.05, 0) is 98.9 Å². The molecule has 2 N–H and O–H groups in total. The summed E-state index contributed by atoms with van der Waals surface area (Å²) in [7, 11) is 0. The van der Waals surface area contributed by atoms with E-state index in [1.165, 1.54) is 43.3 Å². The Morgan fingerprint density at radius 3 is 2.59 bits per heavy atom. The number of hydrogen-bond donors (Lipinski definition) is 2. The molecule has 0 aromatic heterocycles. The van der Waals surface area contributed by atoms with Crippen molar-refractivity contribution in [3.05, 3.63) is 35.5 Å². The first-order valence-electron chi connectivity index (χ1n) is 12.1. The number of allylic oxidation sites excluding steroid dienone is 4. The van der Waals surface area contributed by atoms with Gasteiger partial charge in [0.05, 0.1) is 12.2 Å². The highest BCUT2D eigenvalue weighted by Crippen LogP contribution is 2.60. The molecule has 0 aromatic carbocycles. The summed E-state index contributed by atoms with van der Waals surface area (Å²) < 4.78 is 0. The van der Waals surface area contributed by atoms with Crippen molar-refractivity contribution in [2.45, 2.75) is 104 Å². The lowest BCUT2D eigenvalue weighted by Crippen LogP contribution is -2.36. The molecule has 2 heteroatoms. The monoisotopic (exact) mass is 400 g/mol. The van der Waals surface area contributed by atoms with Crippen molar-refractivity contribution >= 4 is 0 Å². The summed E-state index contributed by atoms with van der Waals surface area (Å²) in [6, 6.07) is 0. The molecule has 0 aromatic rings. The molecule has 0 heterocycles. The fourth-order valence-corrected chi connectivity index (χ4v) is 6.84. The zero-order valence-corrected chi connectivity index (χ0v) is 19.3. The Morgan fingerprint density at radius 2 is 1.86 bits per heavy atom. The molecule has 3 aliphatic carbocycles. The third kappa shape index (κ3) is 5.25. The first-order chi connectivity index (χ1) is 13.7. The van der Waals surface area contributed by atoms with Crippen molar-refractivity contribution in [1.29, 1.82) is 0 Å². The summed E-state index contributed by atoms with van der Waals surface area (Å²) in [5.74, 6) is 2.56. The lowest BCUT2D eigenvalue weighted by molar-refractivity contribution is 0.0571. The molecule has 1 unspecified atom stereocenters. The normalized spacial score (nSPS) is 37.9. The van der Waals surface area contributed by atoms with Crippen LogP contribution in [-0.4, -0.2) is 22.4 Å². The average Bonchev–Trinajstić information content (AvgIpc) is 2.99. The second-order valence-electron chi connectivity index (χ2n) is 11.0. The standard InChI is InChI=1S/C27H44O2/c1-18(2)15-24(29)16-20(4)25-12-13-26-21(7-6-14-27(25,26)5)9-10-22-17-23(28)11-8-19(22)3/h9-10,18,20,23-26,28-29H,3,6-8,11-17H2,1-2,4-5H3/b21-9+,22-10-/t20-,23+,24?,25-,26+,27-/m1/s1. The maximum absolute atomic E-state index is 10.5. The molecule has 3 aliphatic rings. The van der Waals surface area contributed by atoms with Gasteiger partial charge in [-0.25, -0.2) is 0 Å². The van der Waals surface area contributed by atoms with E-state index in [-0.39, 0.29) is 12.2 Å². The van der Waals surface area contributed by atoms with Gasteiger partial charge >= 0.3 is 0 Å². The van der Waals surface area contributed by atoms with Crippen molar-refractivity contribution in [1.82, 2.24) is 0 Å². The van der Waals surface area contributed by atoms with Crippen molar-refractivity contribution in [2.24, 2.45) is 29.1 Å². The van der Waals surface area contributed by atoms with Crippen LogP contribution >= 0.6 is 0 Å². The zero-order chi connectivity index (χ0) is 21.2. The molecule has 0 radical (unpaired) electrons. The number of rotatable bonds is 6. The van der Waals surface area contributed by atoms with Gasteiger partial charge in [-0.15, -0.1) is 0 Å². The van der Waals surface area contributed by atoms with E-state index in [2.05, 4.69) is 46.4 Å². The van der Waals surface area contributed by atoms with Crippen LogP contribution in [-0.2, 0) is 0 Å². The average molecular weight is 401 g/mol. The molecule has 0 spiro atoms. The van der Waals surface area contributed by atoms with Crippen LogP contribution < -0.4 is 0 Å². The Balaban J connectivity index is 1.71. The summed E-state index contributed by atoms with van der Waals surface area (Å²) >= 11 is 0. The number of hydrogen-bond acceptors (Lipinski definition) is 2. The van der Waals surface area contributed by atoms with Gasteiger partial charge in [-0.2, -0.15) is 0 Å². The van der Waals surface area contributed by atoms with Crippen molar-refractivity contribution < 1.29 is 10.2 Å². The fraction of sp³-hybridized carbons (Fsp3) is 0.778. The second kappa shape index (κ2) is 9.52. The predicted octanol–water partition coefficient (Wildman–Crippen LogP) is 6.59. The minimum absolute atomic E-state index is 0.153. The molecule has 3 rings (SSSR count). The van der Waals surface area contributed by atoms with Crippen LogP contribution in [0.5, 0.6) is 0 Å². The number of fused-ring (bicyclic) bond motifs is 1. The van der Waals surface area contributed by atoms with Gasteiger partial charge in [0.1, 0.15) is 0 Å². The van der Waals surface area contributed by atoms with Crippen LogP contribution in [0.15, 0.2) is 35.5 Å². The minimum Gasteiger partial charge on any atom is -0.393 e. The first-order valence-corrected chi connectivity index (χ1v) is 12.1. The van der Waals surface area contributed by atoms with Gasteiger partial charge in [0.2, 0.25) is 0 Å². The van der Waals surface area contributed by atoms with Crippen molar-refractivity contribution in [3.8, 4) is 0 Å². The van der Waals surface area contributed by atoms with Gasteiger partial charge in [0, 0.05) is 0 Å². The smallest absolute Gasteiger partial charge is 0.0583 e. The molecule has 3 fully saturated rings. The maximum atomic E-state index is 10.5. The van der Waals surface area contributed by atoms with Gasteiger partial charge in [-0.1, -0.05) is 57.6 Å². The van der Waals surface area contributed by atoms with Crippen LogP contribution in [0, 0.1) is 29.1 Å². The molecule has 6 atom stereocenters. The molecule has 2 nitrogen and oxygen atoms in total. The Kier molecular flexibility index (Phi) is 7.49. The van der Waals surface area contributed by atoms with Crippen LogP contribution in [0.1, 0.15) is 91.9 Å². The first kappa shape index (κ1) is 22.8. The second-order valence-corrected chi connectivity index (χ2v) is 11.0. The van der Waals surface area contributed by atoms with Crippen LogP contribution in [0.3, 0.4) is 0 Å². The van der Waals surface area contributed by atoms with E-state index in [1.807, 2.05) is 0 Å². The highest BCUT2D eigenvalue weighted by molar-refractivity contribution is 5.36. The highest BCUT2D eigenvalue weighted by atomic mass is 16.3. The lowest BCUT2D eigenvalue weighted by atomic mass is 9.60. The van der Waals surface area contributed by atoms with E-state index < -0.39 is 0 Å². The predicted molar refractivity (Wildman–Crippen MR) is 123 cm³/mol. The van der Waals surface area contributed by atoms with Gasteiger partial charge in [0.25, 0.3) is 0 Å². The van der Waals surface area contributed by atoms with E-state index in [1.54, 1.807) is 5.57 Å². The Morgan fingerprint density at radius 1 is 1.10 bits per heavy atom. The van der Waals surface area contributed by atoms with Crippen molar-refractivity contribution in [3.63, 3.8) is 0 Å². The summed E-state index contributed by atoms with van der Waals surface area (Å²) in [6.07, 6.45) is 15.2.